The first kappa shape index (κ1) is 9.31. The van der Waals surface area contributed by atoms with Gasteiger partial charge in [0, 0.05) is 0 Å². The summed E-state index contributed by atoms with van der Waals surface area (Å²) in [4.78, 5) is 0. The van der Waals surface area contributed by atoms with Crippen molar-refractivity contribution in [3.8, 4) is 0 Å². The normalized spacial score (nSPS) is 14.3. The second-order valence-corrected chi connectivity index (χ2v) is 4.33. The third kappa shape index (κ3) is 2.10. The molecule has 12 heavy (non-hydrogen) atoms. The summed E-state index contributed by atoms with van der Waals surface area (Å²) in [6.45, 7) is 10.8. The summed E-state index contributed by atoms with van der Waals surface area (Å²) in [7, 11) is 0. The van der Waals surface area contributed by atoms with E-state index in [4.69, 9.17) is 0 Å². The molecule has 0 amide bonds. The fraction of sp³-hybridized carbons (Fsp3) is 0.417. The number of rotatable bonds is 1. The zero-order chi connectivity index (χ0) is 9.19. The molecule has 0 saturated heterocycles. The highest BCUT2D eigenvalue weighted by Gasteiger charge is 2.15. The minimum Gasteiger partial charge on any atom is -0.335 e. The molecule has 1 aromatic rings. The van der Waals surface area contributed by atoms with Crippen molar-refractivity contribution in [2.45, 2.75) is 26.7 Å². The Morgan fingerprint density at radius 3 is 2.00 bits per heavy atom. The van der Waals surface area contributed by atoms with Crippen LogP contribution in [0.4, 0.5) is 0 Å². The Morgan fingerprint density at radius 2 is 1.58 bits per heavy atom. The maximum absolute atomic E-state index is 4.18. The van der Waals surface area contributed by atoms with E-state index in [2.05, 4.69) is 52.0 Å². The first-order chi connectivity index (χ1) is 5.52. The predicted octanol–water partition coefficient (Wildman–Crippen LogP) is 3.65. The van der Waals surface area contributed by atoms with Gasteiger partial charge in [0.05, 0.1) is 0 Å². The largest absolute Gasteiger partial charge is 0.335 e. The van der Waals surface area contributed by atoms with Gasteiger partial charge in [-0.15, -0.1) is 5.92 Å². The van der Waals surface area contributed by atoms with Crippen molar-refractivity contribution in [2.75, 3.05) is 0 Å². The van der Waals surface area contributed by atoms with Gasteiger partial charge in [0.2, 0.25) is 0 Å². The zero-order valence-corrected chi connectivity index (χ0v) is 8.17. The van der Waals surface area contributed by atoms with Crippen molar-refractivity contribution in [1.82, 2.24) is 0 Å². The van der Waals surface area contributed by atoms with Crippen LogP contribution in [0.3, 0.4) is 0 Å². The third-order valence-electron chi connectivity index (χ3n) is 2.25. The van der Waals surface area contributed by atoms with Crippen LogP contribution in [0.15, 0.2) is 30.3 Å². The van der Waals surface area contributed by atoms with E-state index in [0.717, 1.165) is 0 Å². The summed E-state index contributed by atoms with van der Waals surface area (Å²) >= 11 is 0. The Hall–Kier alpha value is -0.780. The minimum absolute atomic E-state index is 0.251. The van der Waals surface area contributed by atoms with Crippen molar-refractivity contribution in [1.29, 1.82) is 0 Å². The molecule has 0 N–H and O–H groups in total. The second kappa shape index (κ2) is 3.30. The van der Waals surface area contributed by atoms with Gasteiger partial charge in [0.1, 0.15) is 0 Å². The second-order valence-electron chi connectivity index (χ2n) is 4.33. The van der Waals surface area contributed by atoms with Crippen LogP contribution in [0, 0.1) is 12.3 Å². The molecule has 0 nitrogen and oxygen atoms in total. The van der Waals surface area contributed by atoms with Crippen molar-refractivity contribution in [3.05, 3.63) is 42.8 Å². The van der Waals surface area contributed by atoms with Gasteiger partial charge in [-0.3, -0.25) is 0 Å². The van der Waals surface area contributed by atoms with Crippen molar-refractivity contribution >= 4 is 0 Å². The van der Waals surface area contributed by atoms with Crippen LogP contribution in [0.5, 0.6) is 0 Å². The topological polar surface area (TPSA) is 0 Å². The van der Waals surface area contributed by atoms with Gasteiger partial charge in [0.15, 0.2) is 0 Å². The average Bonchev–Trinajstić information content (AvgIpc) is 2.03. The standard InChI is InChI=1S/C12H17/c1-10(12(2,3)4)11-8-6-5-7-9-11/h5-10H,1H2,2-4H3/q-1. The lowest BCUT2D eigenvalue weighted by Crippen LogP contribution is -2.15. The van der Waals surface area contributed by atoms with Gasteiger partial charge in [-0.1, -0.05) is 62.1 Å². The van der Waals surface area contributed by atoms with E-state index < -0.39 is 0 Å². The Balaban J connectivity index is 2.86. The van der Waals surface area contributed by atoms with Crippen LogP contribution in [0.25, 0.3) is 0 Å². The fourth-order valence-electron chi connectivity index (χ4n) is 1.19. The molecule has 1 atom stereocenters. The van der Waals surface area contributed by atoms with Crippen LogP contribution in [0.2, 0.25) is 0 Å². The average molecular weight is 161 g/mol. The molecule has 0 bridgehead atoms. The Labute approximate surface area is 75.6 Å². The summed E-state index contributed by atoms with van der Waals surface area (Å²) in [6.07, 6.45) is 0. The zero-order valence-electron chi connectivity index (χ0n) is 8.17. The van der Waals surface area contributed by atoms with Crippen molar-refractivity contribution in [3.63, 3.8) is 0 Å². The van der Waals surface area contributed by atoms with E-state index in [1.165, 1.54) is 5.56 Å². The Kier molecular flexibility index (Phi) is 2.56. The van der Waals surface area contributed by atoms with E-state index >= 15 is 0 Å². The molecular weight excluding hydrogens is 144 g/mol. The molecule has 0 heteroatoms. The smallest absolute Gasteiger partial charge is 0.0589 e. The van der Waals surface area contributed by atoms with Crippen LogP contribution in [-0.2, 0) is 0 Å². The monoisotopic (exact) mass is 161 g/mol. The molecule has 0 aliphatic rings. The van der Waals surface area contributed by atoms with Crippen LogP contribution in [-0.4, -0.2) is 0 Å². The summed E-state index contributed by atoms with van der Waals surface area (Å²) in [6, 6.07) is 10.5. The quantitative estimate of drug-likeness (QED) is 0.551. The first-order valence-electron chi connectivity index (χ1n) is 4.40. The van der Waals surface area contributed by atoms with Crippen molar-refractivity contribution in [2.24, 2.45) is 5.41 Å². The Morgan fingerprint density at radius 1 is 1.08 bits per heavy atom. The molecule has 1 unspecified atom stereocenters. The molecule has 0 saturated carbocycles. The molecule has 0 heterocycles. The van der Waals surface area contributed by atoms with Gasteiger partial charge in [0.25, 0.3) is 0 Å². The maximum atomic E-state index is 4.18. The van der Waals surface area contributed by atoms with Crippen LogP contribution < -0.4 is 0 Å². The molecule has 0 aromatic heterocycles. The summed E-state index contributed by atoms with van der Waals surface area (Å²) in [5.41, 5.74) is 1.58. The summed E-state index contributed by atoms with van der Waals surface area (Å²) < 4.78 is 0. The highest BCUT2D eigenvalue weighted by molar-refractivity contribution is 5.22. The highest BCUT2D eigenvalue weighted by Crippen LogP contribution is 2.33. The maximum Gasteiger partial charge on any atom is -0.0589 e. The number of hydrogen-bond acceptors (Lipinski definition) is 0. The molecule has 0 aliphatic heterocycles. The Bertz CT molecular complexity index is 228. The molecule has 0 fully saturated rings. The van der Waals surface area contributed by atoms with Crippen molar-refractivity contribution < 1.29 is 0 Å². The van der Waals surface area contributed by atoms with Gasteiger partial charge < -0.3 is 6.92 Å². The van der Waals surface area contributed by atoms with Gasteiger partial charge in [-0.05, 0) is 0 Å². The minimum atomic E-state index is 0.251. The van der Waals surface area contributed by atoms with Gasteiger partial charge in [-0.25, -0.2) is 0 Å². The third-order valence-corrected chi connectivity index (χ3v) is 2.25. The molecular formula is C12H17-. The summed E-state index contributed by atoms with van der Waals surface area (Å²) in [5, 5.41) is 0. The lowest BCUT2D eigenvalue weighted by molar-refractivity contribution is 0.364. The molecule has 0 aliphatic carbocycles. The molecule has 1 aromatic carbocycles. The van der Waals surface area contributed by atoms with Gasteiger partial charge in [-0.2, -0.15) is 0 Å². The van der Waals surface area contributed by atoms with Crippen LogP contribution >= 0.6 is 0 Å². The van der Waals surface area contributed by atoms with Gasteiger partial charge >= 0.3 is 0 Å². The first-order valence-corrected chi connectivity index (χ1v) is 4.40. The molecule has 0 spiro atoms. The number of benzene rings is 1. The van der Waals surface area contributed by atoms with E-state index in [9.17, 15) is 0 Å². The fourth-order valence-corrected chi connectivity index (χ4v) is 1.19. The van der Waals surface area contributed by atoms with Crippen LogP contribution in [0.1, 0.15) is 32.3 Å². The predicted molar refractivity (Wildman–Crippen MR) is 54.0 cm³/mol. The lowest BCUT2D eigenvalue weighted by Gasteiger charge is -2.33. The molecule has 66 valence electrons. The van der Waals surface area contributed by atoms with E-state index in [1.54, 1.807) is 0 Å². The van der Waals surface area contributed by atoms with E-state index in [1.807, 2.05) is 6.07 Å². The number of hydrogen-bond donors (Lipinski definition) is 0. The van der Waals surface area contributed by atoms with E-state index in [0.29, 0.717) is 5.92 Å². The summed E-state index contributed by atoms with van der Waals surface area (Å²) in [5.74, 6) is 0.374. The van der Waals surface area contributed by atoms with E-state index in [-0.39, 0.29) is 5.41 Å². The highest BCUT2D eigenvalue weighted by atomic mass is 14.3. The molecule has 0 radical (unpaired) electrons. The lowest BCUT2D eigenvalue weighted by atomic mass is 9.78. The SMILES string of the molecule is [CH2-]C(c1ccccc1)C(C)(C)C. The molecule has 1 rings (SSSR count).